The van der Waals surface area contributed by atoms with Crippen LogP contribution in [-0.2, 0) is 5.75 Å². The van der Waals surface area contributed by atoms with E-state index >= 15 is 0 Å². The van der Waals surface area contributed by atoms with Crippen molar-refractivity contribution in [2.45, 2.75) is 10.8 Å². The number of halogens is 1. The molecule has 11 nitrogen and oxygen atoms in total. The molecule has 0 spiro atoms. The van der Waals surface area contributed by atoms with Gasteiger partial charge in [0.2, 0.25) is 0 Å². The molecule has 0 fully saturated rings. The number of hydrogen-bond donors (Lipinski definition) is 1. The van der Waals surface area contributed by atoms with Gasteiger partial charge in [-0.2, -0.15) is 0 Å². The normalized spacial score (nSPS) is 11.2. The van der Waals surface area contributed by atoms with E-state index in [0.29, 0.717) is 27.5 Å². The molecular formula is C21H14ClN7O4S. The third-order valence-corrected chi connectivity index (χ3v) is 6.36. The number of benzene rings is 2. The Balaban J connectivity index is 1.73. The molecule has 1 N–H and O–H groups in total. The summed E-state index contributed by atoms with van der Waals surface area (Å²) in [5, 5.41) is 12.5. The zero-order valence-electron chi connectivity index (χ0n) is 17.4. The molecule has 170 valence electrons. The third-order valence-electron chi connectivity index (χ3n) is 5.06. The predicted molar refractivity (Wildman–Crippen MR) is 127 cm³/mol. The number of imidazole rings is 1. The van der Waals surface area contributed by atoms with Crippen LogP contribution >= 0.6 is 23.4 Å². The van der Waals surface area contributed by atoms with Crippen molar-refractivity contribution in [2.24, 2.45) is 0 Å². The highest BCUT2D eigenvalue weighted by Crippen LogP contribution is 2.31. The number of aromatic nitrogens is 6. The first kappa shape index (κ1) is 21.8. The fraction of sp³-hybridized carbons (Fsp3) is 0.0952. The van der Waals surface area contributed by atoms with E-state index in [1.807, 2.05) is 0 Å². The first-order valence-corrected chi connectivity index (χ1v) is 11.1. The van der Waals surface area contributed by atoms with E-state index in [-0.39, 0.29) is 33.3 Å². The summed E-state index contributed by atoms with van der Waals surface area (Å²) in [5.41, 5.74) is 1.07. The molecule has 0 amide bonds. The number of nitro benzene ring substituents is 1. The van der Waals surface area contributed by atoms with Gasteiger partial charge < -0.3 is 9.72 Å². The maximum absolute atomic E-state index is 13.7. The Labute approximate surface area is 200 Å². The molecular weight excluding hydrogens is 482 g/mol. The largest absolute Gasteiger partial charge is 0.495 e. The average molecular weight is 496 g/mol. The number of nitro groups is 1. The molecule has 3 aromatic heterocycles. The van der Waals surface area contributed by atoms with E-state index in [4.69, 9.17) is 16.3 Å². The molecule has 2 aromatic carbocycles. The maximum Gasteiger partial charge on any atom is 0.271 e. The van der Waals surface area contributed by atoms with E-state index in [2.05, 4.69) is 24.9 Å². The quantitative estimate of drug-likeness (QED) is 0.160. The highest BCUT2D eigenvalue weighted by molar-refractivity contribution is 7.98. The van der Waals surface area contributed by atoms with Gasteiger partial charge in [-0.3, -0.25) is 19.5 Å². The van der Waals surface area contributed by atoms with Crippen LogP contribution in [0.4, 0.5) is 5.69 Å². The number of nitrogens with one attached hydrogen (secondary N) is 1. The van der Waals surface area contributed by atoms with Gasteiger partial charge in [0.15, 0.2) is 5.65 Å². The van der Waals surface area contributed by atoms with Gasteiger partial charge in [-0.15, -0.1) is 0 Å². The lowest BCUT2D eigenvalue weighted by Gasteiger charge is -2.16. The van der Waals surface area contributed by atoms with Crippen molar-refractivity contribution in [1.29, 1.82) is 0 Å². The lowest BCUT2D eigenvalue weighted by Crippen LogP contribution is -2.24. The van der Waals surface area contributed by atoms with Gasteiger partial charge in [0.1, 0.15) is 28.4 Å². The number of non-ortho nitro benzene ring substituents is 1. The summed E-state index contributed by atoms with van der Waals surface area (Å²) < 4.78 is 6.70. The summed E-state index contributed by atoms with van der Waals surface area (Å²) in [7, 11) is 1.42. The van der Waals surface area contributed by atoms with Crippen molar-refractivity contribution < 1.29 is 9.66 Å². The Hall–Kier alpha value is -4.03. The van der Waals surface area contributed by atoms with Crippen molar-refractivity contribution in [1.82, 2.24) is 29.5 Å². The van der Waals surface area contributed by atoms with Crippen LogP contribution in [0.2, 0.25) is 5.02 Å². The molecule has 13 heteroatoms. The number of fused-ring (bicyclic) bond motifs is 2. The monoisotopic (exact) mass is 495 g/mol. The van der Waals surface area contributed by atoms with Crippen LogP contribution in [-0.4, -0.2) is 41.5 Å². The summed E-state index contributed by atoms with van der Waals surface area (Å²) in [6.07, 6.45) is 2.92. The van der Waals surface area contributed by atoms with Crippen molar-refractivity contribution in [3.63, 3.8) is 0 Å². The molecule has 5 aromatic rings. The molecule has 0 radical (unpaired) electrons. The lowest BCUT2D eigenvalue weighted by atomic mass is 10.2. The molecule has 0 saturated heterocycles. The van der Waals surface area contributed by atoms with E-state index in [9.17, 15) is 14.9 Å². The Bertz CT molecular complexity index is 1640. The summed E-state index contributed by atoms with van der Waals surface area (Å²) in [5.74, 6) is 0.800. The standard InChI is InChI=1S/C21H14ClN7O4S/c1-33-15-6-5-11(29(31)32)7-14(15)28-16(27-13-4-2-3-12(22)17(13)21(28)30)8-34-20-18-19(24-9-23-18)25-10-26-20/h2-7,9-10H,8H2,1H3,(H,23,24,25,26). The molecule has 0 aliphatic carbocycles. The SMILES string of the molecule is COc1ccc([N+](=O)[O-])cc1-n1c(CSc2ncnc3nc[nH]c23)nc2cccc(Cl)c2c1=O. The Morgan fingerprint density at radius 3 is 2.88 bits per heavy atom. The summed E-state index contributed by atoms with van der Waals surface area (Å²) in [6.45, 7) is 0. The lowest BCUT2D eigenvalue weighted by molar-refractivity contribution is -0.384. The van der Waals surface area contributed by atoms with Crippen LogP contribution in [0, 0.1) is 10.1 Å². The predicted octanol–water partition coefficient (Wildman–Crippen LogP) is 3.91. The number of H-pyrrole nitrogens is 1. The van der Waals surface area contributed by atoms with Crippen molar-refractivity contribution >= 4 is 51.1 Å². The Morgan fingerprint density at radius 2 is 2.09 bits per heavy atom. The van der Waals surface area contributed by atoms with Gasteiger partial charge in [0.05, 0.1) is 45.7 Å². The molecule has 0 aliphatic heterocycles. The number of thioether (sulfide) groups is 1. The fourth-order valence-corrected chi connectivity index (χ4v) is 4.66. The maximum atomic E-state index is 13.7. The molecule has 34 heavy (non-hydrogen) atoms. The topological polar surface area (TPSA) is 142 Å². The number of nitrogens with zero attached hydrogens (tertiary/aromatic N) is 6. The van der Waals surface area contributed by atoms with Crippen molar-refractivity contribution in [3.8, 4) is 11.4 Å². The van der Waals surface area contributed by atoms with Crippen LogP contribution < -0.4 is 10.3 Å². The van der Waals surface area contributed by atoms with Crippen LogP contribution in [0.5, 0.6) is 5.75 Å². The Morgan fingerprint density at radius 1 is 1.24 bits per heavy atom. The van der Waals surface area contributed by atoms with Crippen LogP contribution in [0.25, 0.3) is 27.8 Å². The minimum Gasteiger partial charge on any atom is -0.495 e. The number of hydrogen-bond acceptors (Lipinski definition) is 9. The minimum absolute atomic E-state index is 0.181. The molecule has 5 rings (SSSR count). The van der Waals surface area contributed by atoms with Crippen LogP contribution in [0.1, 0.15) is 5.82 Å². The van der Waals surface area contributed by atoms with Gasteiger partial charge >= 0.3 is 0 Å². The third kappa shape index (κ3) is 3.72. The smallest absolute Gasteiger partial charge is 0.271 e. The number of methoxy groups -OCH3 is 1. The second-order valence-electron chi connectivity index (χ2n) is 6.98. The summed E-state index contributed by atoms with van der Waals surface area (Å²) in [4.78, 5) is 44.8. The second-order valence-corrected chi connectivity index (χ2v) is 8.36. The second kappa shape index (κ2) is 8.72. The van der Waals surface area contributed by atoms with Gasteiger partial charge in [0.25, 0.3) is 11.2 Å². The van der Waals surface area contributed by atoms with E-state index in [1.54, 1.807) is 18.2 Å². The first-order chi connectivity index (χ1) is 16.5. The average Bonchev–Trinajstić information content (AvgIpc) is 3.32. The minimum atomic E-state index is -0.542. The Kier molecular flexibility index (Phi) is 5.59. The van der Waals surface area contributed by atoms with Gasteiger partial charge in [-0.25, -0.2) is 19.9 Å². The van der Waals surface area contributed by atoms with E-state index in [0.717, 1.165) is 0 Å². The number of aromatic amines is 1. The molecule has 0 aliphatic rings. The van der Waals surface area contributed by atoms with E-state index in [1.165, 1.54) is 54.3 Å². The van der Waals surface area contributed by atoms with Gasteiger partial charge in [0, 0.05) is 12.1 Å². The van der Waals surface area contributed by atoms with Gasteiger partial charge in [-0.1, -0.05) is 29.4 Å². The van der Waals surface area contributed by atoms with Gasteiger partial charge in [-0.05, 0) is 18.2 Å². The first-order valence-electron chi connectivity index (χ1n) is 9.77. The zero-order chi connectivity index (χ0) is 23.8. The number of rotatable bonds is 6. The molecule has 0 atom stereocenters. The molecule has 0 saturated carbocycles. The summed E-state index contributed by atoms with van der Waals surface area (Å²) >= 11 is 7.64. The van der Waals surface area contributed by atoms with Crippen molar-refractivity contribution in [2.75, 3.05) is 7.11 Å². The zero-order valence-corrected chi connectivity index (χ0v) is 19.0. The highest BCUT2D eigenvalue weighted by Gasteiger charge is 2.21. The highest BCUT2D eigenvalue weighted by atomic mass is 35.5. The fourth-order valence-electron chi connectivity index (χ4n) is 3.53. The molecule has 0 bridgehead atoms. The van der Waals surface area contributed by atoms with Crippen LogP contribution in [0.3, 0.4) is 0 Å². The van der Waals surface area contributed by atoms with Crippen LogP contribution in [0.15, 0.2) is 58.9 Å². The van der Waals surface area contributed by atoms with E-state index < -0.39 is 10.5 Å². The molecule has 0 unspecified atom stereocenters. The number of ether oxygens (including phenoxy) is 1. The van der Waals surface area contributed by atoms with Crippen molar-refractivity contribution in [3.05, 3.63) is 80.4 Å². The summed E-state index contributed by atoms with van der Waals surface area (Å²) in [6, 6.07) is 8.99. The molecule has 3 heterocycles.